The molecule has 1 aromatic heterocycles. The minimum Gasteiger partial charge on any atom is -0.542 e. The van der Waals surface area contributed by atoms with Crippen molar-refractivity contribution in [1.82, 2.24) is 9.88 Å². The topological polar surface area (TPSA) is 94.4 Å². The van der Waals surface area contributed by atoms with E-state index >= 15 is 0 Å². The number of carboxylic acids is 1. The van der Waals surface area contributed by atoms with Crippen LogP contribution in [0.25, 0.3) is 0 Å². The van der Waals surface area contributed by atoms with Crippen LogP contribution < -0.4 is 15.3 Å². The molecule has 3 fully saturated rings. The fourth-order valence-electron chi connectivity index (χ4n) is 8.46. The molecule has 6 rings (SSSR count). The van der Waals surface area contributed by atoms with E-state index in [0.717, 1.165) is 45.6 Å². The second-order valence-corrected chi connectivity index (χ2v) is 14.4. The maximum atomic E-state index is 14.7. The van der Waals surface area contributed by atoms with Gasteiger partial charge in [0.15, 0.2) is 0 Å². The van der Waals surface area contributed by atoms with Crippen LogP contribution in [0.3, 0.4) is 0 Å². The number of alkyl halides is 3. The Morgan fingerprint density at radius 1 is 1.16 bits per heavy atom. The third kappa shape index (κ3) is 6.99. The van der Waals surface area contributed by atoms with E-state index in [1.54, 1.807) is 4.90 Å². The van der Waals surface area contributed by atoms with Gasteiger partial charge < -0.3 is 25.0 Å². The normalized spacial score (nSPS) is 29.2. The number of halogens is 3. The second kappa shape index (κ2) is 13.9. The average molecular weight is 636 g/mol. The molecular weight excluding hydrogens is 589 g/mol. The summed E-state index contributed by atoms with van der Waals surface area (Å²) < 4.78 is 31.5. The summed E-state index contributed by atoms with van der Waals surface area (Å²) in [6.45, 7) is 10.6. The summed E-state index contributed by atoms with van der Waals surface area (Å²) in [7, 11) is 0. The van der Waals surface area contributed by atoms with Crippen LogP contribution in [-0.4, -0.2) is 66.7 Å². The van der Waals surface area contributed by atoms with Gasteiger partial charge in [-0.25, -0.2) is 4.98 Å². The molecule has 11 heteroatoms. The van der Waals surface area contributed by atoms with E-state index < -0.39 is 12.1 Å². The van der Waals surface area contributed by atoms with Gasteiger partial charge in [0, 0.05) is 12.6 Å². The Labute approximate surface area is 262 Å². The van der Waals surface area contributed by atoms with Gasteiger partial charge in [0.05, 0.1) is 36.1 Å². The zero-order valence-electron chi connectivity index (χ0n) is 25.8. The van der Waals surface area contributed by atoms with Crippen LogP contribution >= 0.6 is 11.3 Å². The lowest BCUT2D eigenvalue weighted by Gasteiger charge is -2.47. The van der Waals surface area contributed by atoms with E-state index in [1.807, 2.05) is 11.3 Å². The maximum Gasteiger partial charge on any atom is 0.430 e. The third-order valence-electron chi connectivity index (χ3n) is 10.3. The molecule has 1 aromatic carbocycles. The van der Waals surface area contributed by atoms with Gasteiger partial charge in [0.2, 0.25) is 5.91 Å². The Morgan fingerprint density at radius 3 is 2.52 bits per heavy atom. The van der Waals surface area contributed by atoms with E-state index in [-0.39, 0.29) is 11.3 Å². The number of benzene rings is 1. The van der Waals surface area contributed by atoms with E-state index in [1.165, 1.54) is 66.2 Å². The molecule has 5 atom stereocenters. The number of carbonyl (C=O) groups is 2. The molecule has 0 bridgehead atoms. The lowest BCUT2D eigenvalue weighted by molar-refractivity contribution is -0.922. The summed E-state index contributed by atoms with van der Waals surface area (Å²) in [6, 6.07) is 11.5. The third-order valence-corrected chi connectivity index (χ3v) is 11.6. The first-order chi connectivity index (χ1) is 21.0. The predicted molar refractivity (Wildman–Crippen MR) is 160 cm³/mol. The quantitative estimate of drug-likeness (QED) is 0.528. The summed E-state index contributed by atoms with van der Waals surface area (Å²) in [5, 5.41) is 12.4. The molecule has 7 nitrogen and oxygen atoms in total. The fraction of sp³-hybridized carbons (Fsp3) is 0.667. The van der Waals surface area contributed by atoms with Crippen LogP contribution in [-0.2, 0) is 21.5 Å². The molecule has 1 spiro atoms. The highest BCUT2D eigenvalue weighted by Gasteiger charge is 2.59. The van der Waals surface area contributed by atoms with Crippen LogP contribution in [0.5, 0.6) is 0 Å². The van der Waals surface area contributed by atoms with Crippen LogP contribution in [0.4, 0.5) is 13.2 Å². The number of nitrogens with zero attached hydrogens (tertiary/aromatic N) is 2. The second-order valence-electron chi connectivity index (χ2n) is 13.2. The standard InChI is InChI=1S/C31H44N4OS.C2HF3O2/c1-3-15-34-19-27-29(37-22(2)33-27)31(21-34)20-32-18-26(31)30(36)35-16-14-25(23-10-6-4-7-11-23)17-28(35)24-12-8-5-9-13-24;3-2(4,5)1(6)7/h4,6-7,10-11,24-26,28,32H,3,5,8-9,12-21H2,1-2H3;(H,6,7)/p+1/t25-,26+,28+,31-;/m1./s1. The number of amides is 1. The number of thiazole rings is 1. The minimum absolute atomic E-state index is 0.0471. The molecule has 242 valence electrons. The first kappa shape index (κ1) is 32.9. The molecule has 2 saturated heterocycles. The minimum atomic E-state index is -5.19. The summed E-state index contributed by atoms with van der Waals surface area (Å²) >= 11 is 1.89. The van der Waals surface area contributed by atoms with Crippen LogP contribution in [0.15, 0.2) is 30.3 Å². The van der Waals surface area contributed by atoms with Crippen LogP contribution in [0.1, 0.15) is 85.4 Å². The molecule has 1 amide bonds. The van der Waals surface area contributed by atoms with Crippen molar-refractivity contribution in [3.05, 3.63) is 51.5 Å². The number of nitrogens with two attached hydrogens (primary N) is 1. The van der Waals surface area contributed by atoms with Crippen LogP contribution in [0.2, 0.25) is 0 Å². The fourth-order valence-corrected chi connectivity index (χ4v) is 9.65. The maximum absolute atomic E-state index is 14.7. The molecule has 3 aliphatic heterocycles. The van der Waals surface area contributed by atoms with E-state index in [0.29, 0.717) is 23.8 Å². The highest BCUT2D eigenvalue weighted by Crippen LogP contribution is 2.44. The Morgan fingerprint density at radius 2 is 1.86 bits per heavy atom. The first-order valence-electron chi connectivity index (χ1n) is 16.3. The number of nitrogens with one attached hydrogen (secondary N) is 1. The van der Waals surface area contributed by atoms with Gasteiger partial charge in [-0.3, -0.25) is 4.79 Å². The highest BCUT2D eigenvalue weighted by atomic mass is 32.1. The number of likely N-dealkylation sites (tertiary alicyclic amines) is 1. The van der Waals surface area contributed by atoms with Crippen molar-refractivity contribution in [1.29, 1.82) is 0 Å². The lowest BCUT2D eigenvalue weighted by Crippen LogP contribution is -3.14. The molecule has 44 heavy (non-hydrogen) atoms. The zero-order valence-corrected chi connectivity index (χ0v) is 26.7. The number of aromatic nitrogens is 1. The Hall–Kier alpha value is -2.50. The van der Waals surface area contributed by atoms with Crippen molar-refractivity contribution >= 4 is 23.2 Å². The van der Waals surface area contributed by atoms with Crippen molar-refractivity contribution < 1.29 is 38.1 Å². The molecule has 2 aromatic rings. The van der Waals surface area contributed by atoms with Gasteiger partial charge in [0.1, 0.15) is 29.5 Å². The number of rotatable bonds is 5. The number of piperidine rings is 1. The first-order valence-corrected chi connectivity index (χ1v) is 17.1. The number of carboxylic acid groups (broad SMARTS) is 1. The molecule has 4 heterocycles. The van der Waals surface area contributed by atoms with Crippen molar-refractivity contribution in [3.8, 4) is 0 Å². The number of carbonyl (C=O) groups excluding carboxylic acids is 2. The monoisotopic (exact) mass is 635 g/mol. The molecule has 1 aliphatic carbocycles. The number of aliphatic carboxylic acids is 1. The van der Waals surface area contributed by atoms with E-state index in [4.69, 9.17) is 14.9 Å². The summed E-state index contributed by atoms with van der Waals surface area (Å²) in [5.41, 5.74) is 2.71. The molecule has 4 aliphatic rings. The van der Waals surface area contributed by atoms with Crippen molar-refractivity contribution in [3.63, 3.8) is 0 Å². The molecule has 1 saturated carbocycles. The van der Waals surface area contributed by atoms with Gasteiger partial charge in [-0.15, -0.1) is 11.3 Å². The van der Waals surface area contributed by atoms with Crippen molar-refractivity contribution in [2.24, 2.45) is 11.8 Å². The Balaban J connectivity index is 0.000000493. The van der Waals surface area contributed by atoms with E-state index in [9.17, 15) is 18.0 Å². The number of fused-ring (bicyclic) bond motifs is 2. The van der Waals surface area contributed by atoms with Crippen molar-refractivity contribution in [2.45, 2.75) is 95.3 Å². The highest BCUT2D eigenvalue weighted by molar-refractivity contribution is 7.11. The predicted octanol–water partition coefficient (Wildman–Crippen LogP) is 2.34. The zero-order chi connectivity index (χ0) is 31.5. The summed E-state index contributed by atoms with van der Waals surface area (Å²) in [4.78, 5) is 34.0. The Bertz CT molecular complexity index is 1280. The van der Waals surface area contributed by atoms with Gasteiger partial charge >= 0.3 is 6.18 Å². The van der Waals surface area contributed by atoms with Crippen LogP contribution in [0, 0.1) is 18.8 Å². The van der Waals surface area contributed by atoms with Gasteiger partial charge in [-0.2, -0.15) is 13.2 Å². The number of hydrogen-bond donors (Lipinski definition) is 2. The molecule has 3 N–H and O–H groups in total. The Kier molecular flexibility index (Phi) is 10.4. The van der Waals surface area contributed by atoms with Crippen molar-refractivity contribution in [2.75, 3.05) is 32.7 Å². The van der Waals surface area contributed by atoms with E-state index in [2.05, 4.69) is 54.4 Å². The summed E-state index contributed by atoms with van der Waals surface area (Å²) in [6.07, 6.45) is 4.85. The van der Waals surface area contributed by atoms with Gasteiger partial charge in [-0.1, -0.05) is 56.5 Å². The number of quaternary nitrogens is 2. The number of hydrogen-bond acceptors (Lipinski definition) is 5. The largest absolute Gasteiger partial charge is 0.542 e. The smallest absolute Gasteiger partial charge is 0.430 e. The lowest BCUT2D eigenvalue weighted by atomic mass is 9.71. The molecule has 1 unspecified atom stereocenters. The molecular formula is C33H46F3N4O3S+. The summed E-state index contributed by atoms with van der Waals surface area (Å²) in [5.74, 6) is -1.22. The molecule has 0 radical (unpaired) electrons. The van der Waals surface area contributed by atoms with Gasteiger partial charge in [-0.05, 0) is 56.4 Å². The average Bonchev–Trinajstić information content (AvgIpc) is 3.61. The van der Waals surface area contributed by atoms with Gasteiger partial charge in [0.25, 0.3) is 0 Å². The SMILES string of the molecule is CCC[NH+]1Cc2nc(C)sc2[C@]2(C[NH2+]C[C@H]2C(=O)N2CC[C@@H](c3ccccc3)C[C@H]2C2CCCCC2)C1.O=C([O-])C(F)(F)F. The number of aryl methyl sites for hydroxylation is 1.